The van der Waals surface area contributed by atoms with E-state index in [2.05, 4.69) is 35.2 Å². The van der Waals surface area contributed by atoms with E-state index in [0.717, 1.165) is 0 Å². The van der Waals surface area contributed by atoms with E-state index in [0.29, 0.717) is 6.61 Å². The predicted molar refractivity (Wildman–Crippen MR) is 83.1 cm³/mol. The number of hydrogen-bond donors (Lipinski definition) is 8. The van der Waals surface area contributed by atoms with E-state index >= 15 is 0 Å². The first-order chi connectivity index (χ1) is 9.95. The van der Waals surface area contributed by atoms with E-state index < -0.39 is 36.9 Å². The third kappa shape index (κ3) is 10.1. The van der Waals surface area contributed by atoms with Gasteiger partial charge in [0.2, 0.25) is 0 Å². The molecule has 0 saturated heterocycles. The summed E-state index contributed by atoms with van der Waals surface area (Å²) >= 11 is 6.44. The number of aliphatic hydroxyl groups excluding tert-OH is 5. The van der Waals surface area contributed by atoms with E-state index in [4.69, 9.17) is 14.9 Å². The van der Waals surface area contributed by atoms with Crippen LogP contribution >= 0.6 is 23.3 Å². The molecule has 0 unspecified atom stereocenters. The van der Waals surface area contributed by atoms with Crippen molar-refractivity contribution in [3.8, 4) is 0 Å². The Balaban J connectivity index is 0. The molecule has 0 aromatic rings. The van der Waals surface area contributed by atoms with Crippen molar-refractivity contribution < 1.29 is 35.1 Å². The largest absolute Gasteiger partial charge is 0.394 e. The van der Waals surface area contributed by atoms with Crippen molar-refractivity contribution >= 4 is 29.2 Å². The number of thiol groups is 2. The van der Waals surface area contributed by atoms with Gasteiger partial charge in [0, 0.05) is 6.54 Å². The van der Waals surface area contributed by atoms with Crippen molar-refractivity contribution in [2.75, 3.05) is 26.4 Å². The van der Waals surface area contributed by atoms with Crippen molar-refractivity contribution in [3.05, 3.63) is 12.7 Å². The summed E-state index contributed by atoms with van der Waals surface area (Å²) in [7, 11) is 0. The maximum atomic E-state index is 11.4. The normalized spacial score (nSPS) is 16.0. The van der Waals surface area contributed by atoms with E-state index in [1.54, 1.807) is 0 Å². The molecule has 21 heavy (non-hydrogen) atoms. The molecule has 4 atom stereocenters. The fourth-order valence-electron chi connectivity index (χ4n) is 1.20. The Morgan fingerprint density at radius 2 is 1.81 bits per heavy atom. The fraction of sp³-hybridized carbons (Fsp3) is 0.727. The fourth-order valence-corrected chi connectivity index (χ4v) is 1.20. The van der Waals surface area contributed by atoms with Crippen LogP contribution in [-0.2, 0) is 9.53 Å². The number of nitrogens with one attached hydrogen (secondary N) is 1. The van der Waals surface area contributed by atoms with E-state index in [1.165, 1.54) is 6.08 Å². The first kappa shape index (κ1) is 22.9. The van der Waals surface area contributed by atoms with Crippen LogP contribution in [0.15, 0.2) is 12.7 Å². The molecule has 0 spiro atoms. The van der Waals surface area contributed by atoms with Crippen LogP contribution in [0.4, 0.5) is 0 Å². The third-order valence-corrected chi connectivity index (χ3v) is 2.30. The van der Waals surface area contributed by atoms with E-state index in [1.807, 2.05) is 0 Å². The van der Waals surface area contributed by atoms with E-state index in [-0.39, 0.29) is 13.2 Å². The summed E-state index contributed by atoms with van der Waals surface area (Å²) in [5.41, 5.74) is 0. The average molecular weight is 345 g/mol. The van der Waals surface area contributed by atoms with Gasteiger partial charge in [0.05, 0.1) is 19.8 Å². The maximum Gasteiger partial charge on any atom is 0.251 e. The molecular weight excluding hydrogens is 322 g/mol. The maximum absolute atomic E-state index is 11.4. The highest BCUT2D eigenvalue weighted by atomic mass is 33.1. The molecule has 0 aliphatic carbocycles. The van der Waals surface area contributed by atoms with Crippen LogP contribution in [0.2, 0.25) is 0 Å². The molecular formula is C11H23NO7S2. The zero-order valence-corrected chi connectivity index (χ0v) is 13.2. The van der Waals surface area contributed by atoms with Gasteiger partial charge < -0.3 is 35.6 Å². The Labute approximate surface area is 133 Å². The van der Waals surface area contributed by atoms with Gasteiger partial charge in [0.15, 0.2) is 6.10 Å². The molecule has 0 fully saturated rings. The standard InChI is InChI=1S/C11H21NO7.H2S2/c1-2-4-19-5-3-12-11(18)10(17)9(16)8(15)7(14)6-13;1-2/h2,7-10,13-17H,1,3-6H2,(H,12,18);1-2H/t7-,8-,9+,10-;/m1./s1. The molecule has 0 aliphatic heterocycles. The highest BCUT2D eigenvalue weighted by Gasteiger charge is 2.33. The molecule has 126 valence electrons. The minimum atomic E-state index is -1.92. The van der Waals surface area contributed by atoms with Crippen molar-refractivity contribution in [2.24, 2.45) is 0 Å². The molecule has 0 rings (SSSR count). The van der Waals surface area contributed by atoms with Gasteiger partial charge in [-0.3, -0.25) is 4.79 Å². The zero-order chi connectivity index (χ0) is 16.8. The lowest BCUT2D eigenvalue weighted by atomic mass is 10.0. The number of carbonyl (C=O) groups is 1. The van der Waals surface area contributed by atoms with Crippen LogP contribution in [0.25, 0.3) is 0 Å². The van der Waals surface area contributed by atoms with Crippen LogP contribution in [0.1, 0.15) is 0 Å². The van der Waals surface area contributed by atoms with Crippen molar-refractivity contribution in [1.82, 2.24) is 5.32 Å². The first-order valence-electron chi connectivity index (χ1n) is 5.95. The minimum Gasteiger partial charge on any atom is -0.394 e. The highest BCUT2D eigenvalue weighted by molar-refractivity contribution is 8.59. The SMILES string of the molecule is C=CCOCCNC(=O)[C@H](O)[C@@H](O)[C@H](O)[C@H](O)CO.SS. The van der Waals surface area contributed by atoms with Crippen LogP contribution in [0, 0.1) is 0 Å². The zero-order valence-electron chi connectivity index (χ0n) is 11.4. The minimum absolute atomic E-state index is 0.106. The van der Waals surface area contributed by atoms with Gasteiger partial charge in [0.1, 0.15) is 18.3 Å². The van der Waals surface area contributed by atoms with Gasteiger partial charge in [-0.1, -0.05) is 6.08 Å². The second-order valence-corrected chi connectivity index (χ2v) is 3.83. The monoisotopic (exact) mass is 345 g/mol. The van der Waals surface area contributed by atoms with Gasteiger partial charge in [-0.2, -0.15) is 0 Å². The molecule has 0 saturated carbocycles. The number of amides is 1. The quantitative estimate of drug-likeness (QED) is 0.0948. The average Bonchev–Trinajstić information content (AvgIpc) is 2.53. The lowest BCUT2D eigenvalue weighted by Crippen LogP contribution is -2.52. The van der Waals surface area contributed by atoms with Crippen molar-refractivity contribution in [3.63, 3.8) is 0 Å². The number of aliphatic hydroxyl groups is 5. The molecule has 1 amide bonds. The molecule has 6 N–H and O–H groups in total. The summed E-state index contributed by atoms with van der Waals surface area (Å²) in [6.45, 7) is 3.25. The van der Waals surface area contributed by atoms with Gasteiger partial charge >= 0.3 is 0 Å². The van der Waals surface area contributed by atoms with Crippen LogP contribution in [0.5, 0.6) is 0 Å². The molecule has 8 nitrogen and oxygen atoms in total. The van der Waals surface area contributed by atoms with Crippen molar-refractivity contribution in [2.45, 2.75) is 24.4 Å². The smallest absolute Gasteiger partial charge is 0.251 e. The Bertz CT molecular complexity index is 283. The number of ether oxygens (including phenoxy) is 1. The summed E-state index contributed by atoms with van der Waals surface area (Å²) in [5, 5.41) is 48.1. The number of carbonyl (C=O) groups excluding carboxylic acids is 1. The molecule has 0 aromatic carbocycles. The first-order valence-corrected chi connectivity index (χ1v) is 7.55. The Kier molecular flexibility index (Phi) is 16.0. The van der Waals surface area contributed by atoms with Crippen molar-refractivity contribution in [1.29, 1.82) is 0 Å². The third-order valence-electron chi connectivity index (χ3n) is 2.30. The van der Waals surface area contributed by atoms with Crippen LogP contribution in [0.3, 0.4) is 0 Å². The summed E-state index contributed by atoms with van der Waals surface area (Å²) < 4.78 is 4.98. The molecule has 0 bridgehead atoms. The number of rotatable bonds is 10. The summed E-state index contributed by atoms with van der Waals surface area (Å²) in [5.74, 6) is -0.918. The summed E-state index contributed by atoms with van der Waals surface area (Å²) in [6, 6.07) is 0. The second-order valence-electron chi connectivity index (χ2n) is 3.83. The van der Waals surface area contributed by atoms with Crippen LogP contribution < -0.4 is 5.32 Å². The predicted octanol–water partition coefficient (Wildman–Crippen LogP) is -2.50. The lowest BCUT2D eigenvalue weighted by Gasteiger charge is -2.24. The van der Waals surface area contributed by atoms with Crippen LogP contribution in [-0.4, -0.2) is 82.2 Å². The Morgan fingerprint density at radius 1 is 1.24 bits per heavy atom. The molecule has 0 heterocycles. The van der Waals surface area contributed by atoms with Gasteiger partial charge in [-0.15, -0.1) is 29.9 Å². The van der Waals surface area contributed by atoms with Gasteiger partial charge in [-0.25, -0.2) is 0 Å². The molecule has 0 aromatic heterocycles. The molecule has 0 radical (unpaired) electrons. The lowest BCUT2D eigenvalue weighted by molar-refractivity contribution is -0.149. The molecule has 10 heteroatoms. The highest BCUT2D eigenvalue weighted by Crippen LogP contribution is 2.05. The Morgan fingerprint density at radius 3 is 2.29 bits per heavy atom. The van der Waals surface area contributed by atoms with Gasteiger partial charge in [0.25, 0.3) is 5.91 Å². The van der Waals surface area contributed by atoms with Gasteiger partial charge in [-0.05, 0) is 0 Å². The molecule has 0 aliphatic rings. The topological polar surface area (TPSA) is 139 Å². The summed E-state index contributed by atoms with van der Waals surface area (Å²) in [4.78, 5) is 11.4. The summed E-state index contributed by atoms with van der Waals surface area (Å²) in [6.07, 6.45) is -5.77. The van der Waals surface area contributed by atoms with E-state index in [9.17, 15) is 20.1 Å². The number of hydrogen-bond acceptors (Lipinski definition) is 9. The Hall–Kier alpha value is -0.330. The second kappa shape index (κ2) is 14.6.